The van der Waals surface area contributed by atoms with Gasteiger partial charge in [-0.15, -0.1) is 0 Å². The molecule has 0 saturated heterocycles. The molecule has 0 bridgehead atoms. The molecule has 0 aromatic heterocycles. The van der Waals surface area contributed by atoms with E-state index in [1.807, 2.05) is 0 Å². The molecule has 1 saturated carbocycles. The van der Waals surface area contributed by atoms with Gasteiger partial charge in [0, 0.05) is 0 Å². The van der Waals surface area contributed by atoms with Crippen LogP contribution in [0.2, 0.25) is 0 Å². The Morgan fingerprint density at radius 3 is 2.27 bits per heavy atom. The summed E-state index contributed by atoms with van der Waals surface area (Å²) in [6.45, 7) is 1.38. The van der Waals surface area contributed by atoms with Crippen molar-refractivity contribution in [3.8, 4) is 0 Å². The van der Waals surface area contributed by atoms with Crippen LogP contribution < -0.4 is 5.32 Å². The number of carboxylic acids is 1. The second-order valence-corrected chi connectivity index (χ2v) is 4.13. The van der Waals surface area contributed by atoms with Crippen LogP contribution in [0.4, 0.5) is 0 Å². The molecule has 86 valence electrons. The third-order valence-electron chi connectivity index (χ3n) is 2.82. The Bertz CT molecular complexity index is 258. The average molecular weight is 215 g/mol. The predicted octanol–water partition coefficient (Wildman–Crippen LogP) is 0.271. The van der Waals surface area contributed by atoms with Gasteiger partial charge in [0.15, 0.2) is 0 Å². The number of rotatable bonds is 3. The maximum absolute atomic E-state index is 11.6. The summed E-state index contributed by atoms with van der Waals surface area (Å²) in [7, 11) is 0. The van der Waals surface area contributed by atoms with E-state index < -0.39 is 23.5 Å². The van der Waals surface area contributed by atoms with E-state index in [-0.39, 0.29) is 0 Å². The van der Waals surface area contributed by atoms with E-state index in [1.165, 1.54) is 6.92 Å². The van der Waals surface area contributed by atoms with E-state index in [4.69, 9.17) is 5.11 Å². The minimum absolute atomic E-state index is 0.422. The smallest absolute Gasteiger partial charge is 0.325 e. The molecule has 0 aromatic rings. The second-order valence-electron chi connectivity index (χ2n) is 4.13. The minimum atomic E-state index is -1.36. The summed E-state index contributed by atoms with van der Waals surface area (Å²) in [5, 5.41) is 20.9. The molecule has 15 heavy (non-hydrogen) atoms. The topological polar surface area (TPSA) is 86.6 Å². The second kappa shape index (κ2) is 4.61. The fourth-order valence-corrected chi connectivity index (χ4v) is 1.76. The SMILES string of the molecule is CC(NC(=O)C1(O)CCCCC1)C(=O)O. The van der Waals surface area contributed by atoms with Gasteiger partial charge in [-0.2, -0.15) is 0 Å². The summed E-state index contributed by atoms with van der Waals surface area (Å²) in [4.78, 5) is 22.1. The molecule has 1 fully saturated rings. The monoisotopic (exact) mass is 215 g/mol. The van der Waals surface area contributed by atoms with E-state index in [2.05, 4.69) is 5.32 Å². The van der Waals surface area contributed by atoms with Gasteiger partial charge in [0.1, 0.15) is 11.6 Å². The molecule has 1 rings (SSSR count). The molecule has 5 heteroatoms. The van der Waals surface area contributed by atoms with Gasteiger partial charge in [0.2, 0.25) is 0 Å². The number of aliphatic hydroxyl groups is 1. The molecule has 0 aliphatic heterocycles. The van der Waals surface area contributed by atoms with Gasteiger partial charge >= 0.3 is 5.97 Å². The Hall–Kier alpha value is -1.10. The lowest BCUT2D eigenvalue weighted by atomic mass is 9.84. The van der Waals surface area contributed by atoms with Crippen molar-refractivity contribution in [2.45, 2.75) is 50.7 Å². The molecule has 3 N–H and O–H groups in total. The van der Waals surface area contributed by atoms with Crippen LogP contribution in [-0.2, 0) is 9.59 Å². The number of aliphatic carboxylic acids is 1. The van der Waals surface area contributed by atoms with Crippen LogP contribution in [0.5, 0.6) is 0 Å². The molecule has 1 atom stereocenters. The van der Waals surface area contributed by atoms with E-state index >= 15 is 0 Å². The zero-order valence-corrected chi connectivity index (χ0v) is 8.82. The standard InChI is InChI=1S/C10H17NO4/c1-7(8(12)13)11-9(14)10(15)5-3-2-4-6-10/h7,15H,2-6H2,1H3,(H,11,14)(H,12,13). The summed E-state index contributed by atoms with van der Waals surface area (Å²) >= 11 is 0. The fraction of sp³-hybridized carbons (Fsp3) is 0.800. The van der Waals surface area contributed by atoms with Crippen LogP contribution in [0.1, 0.15) is 39.0 Å². The van der Waals surface area contributed by atoms with Gasteiger partial charge in [-0.05, 0) is 19.8 Å². The molecular weight excluding hydrogens is 198 g/mol. The van der Waals surface area contributed by atoms with Crippen molar-refractivity contribution in [1.82, 2.24) is 5.32 Å². The van der Waals surface area contributed by atoms with Gasteiger partial charge in [0.25, 0.3) is 5.91 Å². The van der Waals surface area contributed by atoms with E-state index in [0.717, 1.165) is 19.3 Å². The first-order valence-corrected chi connectivity index (χ1v) is 5.22. The number of hydrogen-bond donors (Lipinski definition) is 3. The highest BCUT2D eigenvalue weighted by atomic mass is 16.4. The van der Waals surface area contributed by atoms with Gasteiger partial charge in [-0.3, -0.25) is 9.59 Å². The van der Waals surface area contributed by atoms with Crippen molar-refractivity contribution in [2.75, 3.05) is 0 Å². The third kappa shape index (κ3) is 2.92. The Kier molecular flexibility index (Phi) is 3.68. The Balaban J connectivity index is 2.55. The molecule has 1 aliphatic rings. The van der Waals surface area contributed by atoms with Gasteiger partial charge in [-0.1, -0.05) is 19.3 Å². The molecule has 0 aromatic carbocycles. The molecule has 5 nitrogen and oxygen atoms in total. The zero-order chi connectivity index (χ0) is 11.5. The van der Waals surface area contributed by atoms with E-state index in [1.54, 1.807) is 0 Å². The Morgan fingerprint density at radius 1 is 1.27 bits per heavy atom. The quantitative estimate of drug-likeness (QED) is 0.630. The zero-order valence-electron chi connectivity index (χ0n) is 8.82. The Labute approximate surface area is 88.5 Å². The van der Waals surface area contributed by atoms with Gasteiger partial charge < -0.3 is 15.5 Å². The lowest BCUT2D eigenvalue weighted by molar-refractivity contribution is -0.149. The molecule has 0 radical (unpaired) electrons. The molecule has 1 unspecified atom stereocenters. The lowest BCUT2D eigenvalue weighted by Crippen LogP contribution is -2.52. The fourth-order valence-electron chi connectivity index (χ4n) is 1.76. The predicted molar refractivity (Wildman–Crippen MR) is 53.3 cm³/mol. The lowest BCUT2D eigenvalue weighted by Gasteiger charge is -2.31. The number of amides is 1. The highest BCUT2D eigenvalue weighted by molar-refractivity contribution is 5.88. The number of hydrogen-bond acceptors (Lipinski definition) is 3. The highest BCUT2D eigenvalue weighted by Crippen LogP contribution is 2.28. The highest BCUT2D eigenvalue weighted by Gasteiger charge is 2.38. The molecule has 0 heterocycles. The molecule has 1 aliphatic carbocycles. The van der Waals surface area contributed by atoms with Gasteiger partial charge in [-0.25, -0.2) is 0 Å². The first kappa shape index (κ1) is 12.0. The largest absolute Gasteiger partial charge is 0.480 e. The summed E-state index contributed by atoms with van der Waals surface area (Å²) < 4.78 is 0. The molecular formula is C10H17NO4. The summed E-state index contributed by atoms with van der Waals surface area (Å²) in [5.41, 5.74) is -1.36. The number of nitrogens with one attached hydrogen (secondary N) is 1. The summed E-state index contributed by atoms with van der Waals surface area (Å²) in [6, 6.07) is -0.955. The van der Waals surface area contributed by atoms with Crippen molar-refractivity contribution < 1.29 is 19.8 Å². The number of carbonyl (C=O) groups excluding carboxylic acids is 1. The van der Waals surface area contributed by atoms with Crippen LogP contribution in [0.15, 0.2) is 0 Å². The van der Waals surface area contributed by atoms with Crippen molar-refractivity contribution >= 4 is 11.9 Å². The van der Waals surface area contributed by atoms with Crippen LogP contribution >= 0.6 is 0 Å². The van der Waals surface area contributed by atoms with E-state index in [0.29, 0.717) is 12.8 Å². The summed E-state index contributed by atoms with van der Waals surface area (Å²) in [5.74, 6) is -1.65. The summed E-state index contributed by atoms with van der Waals surface area (Å²) in [6.07, 6.45) is 3.48. The van der Waals surface area contributed by atoms with Crippen molar-refractivity contribution in [1.29, 1.82) is 0 Å². The third-order valence-corrected chi connectivity index (χ3v) is 2.82. The van der Waals surface area contributed by atoms with Gasteiger partial charge in [0.05, 0.1) is 0 Å². The number of carboxylic acid groups (broad SMARTS) is 1. The van der Waals surface area contributed by atoms with Crippen LogP contribution in [0.25, 0.3) is 0 Å². The van der Waals surface area contributed by atoms with Crippen LogP contribution in [-0.4, -0.2) is 33.7 Å². The van der Waals surface area contributed by atoms with Crippen LogP contribution in [0.3, 0.4) is 0 Å². The minimum Gasteiger partial charge on any atom is -0.480 e. The first-order valence-electron chi connectivity index (χ1n) is 5.22. The maximum atomic E-state index is 11.6. The Morgan fingerprint density at radius 2 is 1.80 bits per heavy atom. The average Bonchev–Trinajstić information content (AvgIpc) is 2.18. The molecule has 1 amide bonds. The maximum Gasteiger partial charge on any atom is 0.325 e. The number of carbonyl (C=O) groups is 2. The van der Waals surface area contributed by atoms with Crippen molar-refractivity contribution in [3.63, 3.8) is 0 Å². The van der Waals surface area contributed by atoms with Crippen LogP contribution in [0, 0.1) is 0 Å². The van der Waals surface area contributed by atoms with E-state index in [9.17, 15) is 14.7 Å². The molecule has 0 spiro atoms. The van der Waals surface area contributed by atoms with Crippen molar-refractivity contribution in [3.05, 3.63) is 0 Å². The van der Waals surface area contributed by atoms with Crippen molar-refractivity contribution in [2.24, 2.45) is 0 Å². The normalized spacial score (nSPS) is 21.7. The first-order chi connectivity index (χ1) is 6.96.